The average Bonchev–Trinajstić information content (AvgIpc) is 2.69. The molecule has 0 atom stereocenters. The lowest BCUT2D eigenvalue weighted by atomic mass is 10.1. The van der Waals surface area contributed by atoms with Gasteiger partial charge in [0.25, 0.3) is 0 Å². The van der Waals surface area contributed by atoms with Gasteiger partial charge in [0.15, 0.2) is 0 Å². The van der Waals surface area contributed by atoms with Crippen molar-refractivity contribution in [2.75, 3.05) is 0 Å². The maximum Gasteiger partial charge on any atom is 0.320 e. The van der Waals surface area contributed by atoms with Crippen molar-refractivity contribution >= 4 is 5.91 Å². The van der Waals surface area contributed by atoms with E-state index in [1.165, 1.54) is 36.2 Å². The molecule has 0 aliphatic carbocycles. The van der Waals surface area contributed by atoms with E-state index in [0.29, 0.717) is 17.8 Å². The monoisotopic (exact) mass is 395 g/mol. The second-order valence-corrected chi connectivity index (χ2v) is 7.03. The molecule has 3 rings (SSSR count). The van der Waals surface area contributed by atoms with Crippen LogP contribution in [0.15, 0.2) is 58.4 Å². The first-order valence-electron chi connectivity index (χ1n) is 9.17. The molecule has 0 unspecified atom stereocenters. The largest absolute Gasteiger partial charge is 0.350 e. The van der Waals surface area contributed by atoms with E-state index in [1.54, 1.807) is 6.92 Å². The number of hydrogen-bond acceptors (Lipinski definition) is 3. The van der Waals surface area contributed by atoms with Gasteiger partial charge in [0.1, 0.15) is 12.4 Å². The van der Waals surface area contributed by atoms with Gasteiger partial charge in [-0.25, -0.2) is 4.39 Å². The van der Waals surface area contributed by atoms with Crippen LogP contribution in [-0.4, -0.2) is 15.0 Å². The van der Waals surface area contributed by atoms with Crippen LogP contribution in [0.1, 0.15) is 22.3 Å². The Morgan fingerprint density at radius 1 is 0.931 bits per heavy atom. The van der Waals surface area contributed by atoms with E-state index in [4.69, 9.17) is 0 Å². The lowest BCUT2D eigenvalue weighted by molar-refractivity contribution is -0.121. The summed E-state index contributed by atoms with van der Waals surface area (Å²) in [5, 5.41) is 2.75. The van der Waals surface area contributed by atoms with Crippen LogP contribution in [0, 0.1) is 26.6 Å². The number of hydrogen-bond donors (Lipinski definition) is 1. The van der Waals surface area contributed by atoms with Crippen LogP contribution in [0.25, 0.3) is 5.69 Å². The Labute approximate surface area is 167 Å². The van der Waals surface area contributed by atoms with Crippen molar-refractivity contribution in [3.8, 4) is 5.69 Å². The Balaban J connectivity index is 1.76. The molecule has 0 radical (unpaired) electrons. The van der Waals surface area contributed by atoms with Gasteiger partial charge in [-0.2, -0.15) is 0 Å². The molecule has 0 bridgehead atoms. The van der Waals surface area contributed by atoms with Crippen molar-refractivity contribution in [3.05, 3.63) is 97.6 Å². The molecule has 0 aliphatic rings. The Bertz CT molecular complexity index is 1190. The van der Waals surface area contributed by atoms with Crippen molar-refractivity contribution in [2.24, 2.45) is 0 Å². The molecule has 1 N–H and O–H groups in total. The van der Waals surface area contributed by atoms with Gasteiger partial charge in [-0.1, -0.05) is 24.3 Å². The summed E-state index contributed by atoms with van der Waals surface area (Å²) in [6, 6.07) is 9.90. The summed E-state index contributed by atoms with van der Waals surface area (Å²) in [6.07, 6.45) is 2.71. The Kier molecular flexibility index (Phi) is 5.77. The fourth-order valence-corrected chi connectivity index (χ4v) is 2.99. The van der Waals surface area contributed by atoms with Gasteiger partial charge in [-0.05, 0) is 55.2 Å². The standard InChI is InChI=1S/C22H22FN3O3/c1-14-4-6-17(10-16(14)3)12-24-20(27)13-25-8-9-26(22(29)21(25)28)19-11-18(23)7-5-15(19)2/h4-11H,12-13H2,1-3H3,(H,24,27). The molecule has 7 heteroatoms. The predicted octanol–water partition coefficient (Wildman–Crippen LogP) is 2.38. The lowest BCUT2D eigenvalue weighted by Gasteiger charge is -2.12. The molecule has 0 spiro atoms. The van der Waals surface area contributed by atoms with E-state index >= 15 is 0 Å². The average molecular weight is 395 g/mol. The summed E-state index contributed by atoms with van der Waals surface area (Å²) in [5.74, 6) is -0.892. The number of nitrogens with zero attached hydrogens (tertiary/aromatic N) is 2. The number of amides is 1. The highest BCUT2D eigenvalue weighted by molar-refractivity contribution is 5.75. The first kappa shape index (κ1) is 20.3. The minimum absolute atomic E-state index is 0.276. The predicted molar refractivity (Wildman–Crippen MR) is 109 cm³/mol. The molecule has 1 amide bonds. The second kappa shape index (κ2) is 8.26. The molecule has 0 aliphatic heterocycles. The summed E-state index contributed by atoms with van der Waals surface area (Å²) >= 11 is 0. The first-order chi connectivity index (χ1) is 13.8. The maximum atomic E-state index is 13.5. The minimum atomic E-state index is -0.850. The van der Waals surface area contributed by atoms with Gasteiger partial charge < -0.3 is 5.32 Å². The maximum absolute atomic E-state index is 13.5. The highest BCUT2D eigenvalue weighted by Crippen LogP contribution is 2.13. The van der Waals surface area contributed by atoms with E-state index in [9.17, 15) is 18.8 Å². The molecule has 150 valence electrons. The zero-order chi connectivity index (χ0) is 21.1. The van der Waals surface area contributed by atoms with Crippen LogP contribution in [0.5, 0.6) is 0 Å². The molecule has 0 saturated heterocycles. The third-order valence-electron chi connectivity index (χ3n) is 4.86. The van der Waals surface area contributed by atoms with Gasteiger partial charge in [-0.15, -0.1) is 0 Å². The molecule has 29 heavy (non-hydrogen) atoms. The van der Waals surface area contributed by atoms with Crippen LogP contribution < -0.4 is 16.4 Å². The Hall–Kier alpha value is -3.48. The van der Waals surface area contributed by atoms with Crippen molar-refractivity contribution in [1.82, 2.24) is 14.5 Å². The van der Waals surface area contributed by atoms with E-state index in [2.05, 4.69) is 5.32 Å². The first-order valence-corrected chi connectivity index (χ1v) is 9.17. The van der Waals surface area contributed by atoms with Crippen molar-refractivity contribution in [1.29, 1.82) is 0 Å². The number of aromatic nitrogens is 2. The molecule has 1 aromatic heterocycles. The highest BCUT2D eigenvalue weighted by atomic mass is 19.1. The van der Waals surface area contributed by atoms with E-state index in [-0.39, 0.29) is 12.5 Å². The molecule has 3 aromatic rings. The number of carbonyl (C=O) groups excluding carboxylic acids is 1. The molecule has 6 nitrogen and oxygen atoms in total. The number of carbonyl (C=O) groups is 1. The van der Waals surface area contributed by atoms with Gasteiger partial charge in [0, 0.05) is 18.9 Å². The minimum Gasteiger partial charge on any atom is -0.350 e. The Morgan fingerprint density at radius 3 is 2.38 bits per heavy atom. The second-order valence-electron chi connectivity index (χ2n) is 7.03. The molecule has 0 saturated carbocycles. The fraction of sp³-hybridized carbons (Fsp3) is 0.227. The van der Waals surface area contributed by atoms with Crippen LogP contribution in [0.4, 0.5) is 4.39 Å². The molecule has 0 fully saturated rings. The summed E-state index contributed by atoms with van der Waals surface area (Å²) in [6.45, 7) is 5.77. The molecule has 1 heterocycles. The van der Waals surface area contributed by atoms with Crippen LogP contribution in [0.3, 0.4) is 0 Å². The third-order valence-corrected chi connectivity index (χ3v) is 4.86. The SMILES string of the molecule is Cc1ccc(CNC(=O)Cn2ccn(-c3cc(F)ccc3C)c(=O)c2=O)cc1C. The van der Waals surface area contributed by atoms with Gasteiger partial charge in [-0.3, -0.25) is 23.5 Å². The van der Waals surface area contributed by atoms with Crippen molar-refractivity contribution in [2.45, 2.75) is 33.9 Å². The van der Waals surface area contributed by atoms with Crippen molar-refractivity contribution < 1.29 is 9.18 Å². The summed E-state index contributed by atoms with van der Waals surface area (Å²) in [7, 11) is 0. The number of rotatable bonds is 5. The van der Waals surface area contributed by atoms with E-state index in [1.807, 2.05) is 32.0 Å². The van der Waals surface area contributed by atoms with Crippen LogP contribution in [0.2, 0.25) is 0 Å². The fourth-order valence-electron chi connectivity index (χ4n) is 2.99. The molecular weight excluding hydrogens is 373 g/mol. The lowest BCUT2D eigenvalue weighted by Crippen LogP contribution is -2.42. The van der Waals surface area contributed by atoms with Crippen LogP contribution in [-0.2, 0) is 17.9 Å². The summed E-state index contributed by atoms with van der Waals surface area (Å²) in [4.78, 5) is 37.1. The zero-order valence-electron chi connectivity index (χ0n) is 16.5. The van der Waals surface area contributed by atoms with Gasteiger partial charge >= 0.3 is 11.1 Å². The van der Waals surface area contributed by atoms with Gasteiger partial charge in [0.05, 0.1) is 5.69 Å². The molecule has 2 aromatic carbocycles. The van der Waals surface area contributed by atoms with E-state index in [0.717, 1.165) is 20.3 Å². The third kappa shape index (κ3) is 4.51. The topological polar surface area (TPSA) is 73.1 Å². The number of benzene rings is 2. The Morgan fingerprint density at radius 2 is 1.66 bits per heavy atom. The highest BCUT2D eigenvalue weighted by Gasteiger charge is 2.12. The number of aryl methyl sites for hydroxylation is 3. The van der Waals surface area contributed by atoms with Gasteiger partial charge in [0.2, 0.25) is 5.91 Å². The summed E-state index contributed by atoms with van der Waals surface area (Å²) in [5.41, 5.74) is 2.49. The quantitative estimate of drug-likeness (QED) is 0.674. The molecular formula is C22H22FN3O3. The summed E-state index contributed by atoms with van der Waals surface area (Å²) < 4.78 is 15.7. The number of nitrogens with one attached hydrogen (secondary N) is 1. The zero-order valence-corrected chi connectivity index (χ0v) is 16.5. The smallest absolute Gasteiger partial charge is 0.320 e. The number of halogens is 1. The van der Waals surface area contributed by atoms with Crippen LogP contribution >= 0.6 is 0 Å². The van der Waals surface area contributed by atoms with Crippen molar-refractivity contribution in [3.63, 3.8) is 0 Å². The normalized spacial score (nSPS) is 10.8. The van der Waals surface area contributed by atoms with E-state index < -0.39 is 16.9 Å².